The Labute approximate surface area is 191 Å². The summed E-state index contributed by atoms with van der Waals surface area (Å²) in [7, 11) is -3.71. The fourth-order valence-electron chi connectivity index (χ4n) is 4.03. The van der Waals surface area contributed by atoms with Crippen LogP contribution in [-0.4, -0.2) is 52.6 Å². The van der Waals surface area contributed by atoms with Crippen molar-refractivity contribution in [2.75, 3.05) is 30.9 Å². The average Bonchev–Trinajstić information content (AvgIpc) is 3.13. The van der Waals surface area contributed by atoms with E-state index in [1.807, 2.05) is 36.4 Å². The Kier molecular flexibility index (Phi) is 6.78. The number of carbonyl (C=O) groups excluding carboxylic acids is 1. The second-order valence-electron chi connectivity index (χ2n) is 8.08. The number of cyclic esters (lactones) is 1. The van der Waals surface area contributed by atoms with E-state index in [1.54, 1.807) is 0 Å². The fraction of sp³-hybridized carbons (Fsp3) is 0.348. The van der Waals surface area contributed by atoms with Gasteiger partial charge in [0.2, 0.25) is 0 Å². The lowest BCUT2D eigenvalue weighted by atomic mass is 9.93. The first kappa shape index (κ1) is 23.3. The highest BCUT2D eigenvalue weighted by molar-refractivity contribution is 7.85. The maximum atomic E-state index is 15.0. The molecule has 0 bridgehead atoms. The van der Waals surface area contributed by atoms with Crippen LogP contribution in [0.3, 0.4) is 0 Å². The molecule has 2 aromatic rings. The molecule has 1 fully saturated rings. The number of nitrogens with zero attached hydrogens (tertiary/aromatic N) is 1. The smallest absolute Gasteiger partial charge is 0.414 e. The number of halogens is 2. The molecule has 1 amide bonds. The van der Waals surface area contributed by atoms with E-state index in [-0.39, 0.29) is 30.4 Å². The Morgan fingerprint density at radius 1 is 1.18 bits per heavy atom. The molecular weight excluding hydrogens is 454 g/mol. The molecular formula is C23H24F2N2O5S. The molecule has 2 aliphatic rings. The van der Waals surface area contributed by atoms with Crippen molar-refractivity contribution < 1.29 is 30.9 Å². The summed E-state index contributed by atoms with van der Waals surface area (Å²) in [5.41, 5.74) is 1.57. The molecule has 1 unspecified atom stereocenters. The largest absolute Gasteiger partial charge is 0.441 e. The van der Waals surface area contributed by atoms with E-state index in [9.17, 15) is 13.2 Å². The normalized spacial score (nSPS) is 21.1. The van der Waals surface area contributed by atoms with Gasteiger partial charge in [-0.25, -0.2) is 13.6 Å². The monoisotopic (exact) mass is 478 g/mol. The van der Waals surface area contributed by atoms with Crippen LogP contribution >= 0.6 is 0 Å². The van der Waals surface area contributed by atoms with Crippen LogP contribution in [0.5, 0.6) is 0 Å². The Hall–Kier alpha value is -2.82. The van der Waals surface area contributed by atoms with Crippen LogP contribution < -0.4 is 10.2 Å². The standard InChI is InChI=1S/C23H24F2N2O5S/c1-33(29,30)31-14-19-13-27(23(28)32-19)18-11-20(24)22(21(25)12-18)16-7-8-26-17(10-16)9-15-5-3-2-4-6-15/h2-6,10-12,17,19,26H,7-9,13-14H2,1H3/t17?,19-/m1/s1. The number of hydrogen-bond donors (Lipinski definition) is 1. The molecule has 7 nitrogen and oxygen atoms in total. The Morgan fingerprint density at radius 3 is 2.55 bits per heavy atom. The van der Waals surface area contributed by atoms with Gasteiger partial charge in [0, 0.05) is 11.6 Å². The first-order chi connectivity index (χ1) is 15.7. The minimum Gasteiger partial charge on any atom is -0.441 e. The number of anilines is 1. The lowest BCUT2D eigenvalue weighted by Gasteiger charge is -2.24. The molecule has 0 aromatic heterocycles. The van der Waals surface area contributed by atoms with Gasteiger partial charge in [-0.15, -0.1) is 0 Å². The lowest BCUT2D eigenvalue weighted by molar-refractivity contribution is 0.107. The second kappa shape index (κ2) is 9.58. The molecule has 1 saturated heterocycles. The minimum absolute atomic E-state index is 0.00373. The molecule has 10 heteroatoms. The van der Waals surface area contributed by atoms with Gasteiger partial charge in [-0.1, -0.05) is 36.4 Å². The maximum Gasteiger partial charge on any atom is 0.414 e. The zero-order chi connectivity index (χ0) is 23.6. The molecule has 0 aliphatic carbocycles. The molecule has 0 saturated carbocycles. The van der Waals surface area contributed by atoms with Gasteiger partial charge in [-0.3, -0.25) is 9.08 Å². The van der Waals surface area contributed by atoms with Crippen molar-refractivity contribution in [3.05, 3.63) is 71.3 Å². The number of ether oxygens (including phenoxy) is 1. The predicted molar refractivity (Wildman–Crippen MR) is 119 cm³/mol. The van der Waals surface area contributed by atoms with E-state index < -0.39 is 33.9 Å². The zero-order valence-electron chi connectivity index (χ0n) is 18.0. The highest BCUT2D eigenvalue weighted by Gasteiger charge is 2.34. The van der Waals surface area contributed by atoms with Crippen molar-refractivity contribution in [2.45, 2.75) is 25.0 Å². The molecule has 0 spiro atoms. The van der Waals surface area contributed by atoms with Crippen LogP contribution in [0.25, 0.3) is 5.57 Å². The van der Waals surface area contributed by atoms with Crippen molar-refractivity contribution in [2.24, 2.45) is 0 Å². The maximum absolute atomic E-state index is 15.0. The van der Waals surface area contributed by atoms with Gasteiger partial charge in [0.1, 0.15) is 24.3 Å². The third kappa shape index (κ3) is 5.76. The van der Waals surface area contributed by atoms with E-state index in [0.29, 0.717) is 25.0 Å². The van der Waals surface area contributed by atoms with Crippen LogP contribution in [0.15, 0.2) is 48.5 Å². The molecule has 2 aliphatic heterocycles. The fourth-order valence-corrected chi connectivity index (χ4v) is 4.42. The van der Waals surface area contributed by atoms with Gasteiger partial charge in [0.15, 0.2) is 0 Å². The minimum atomic E-state index is -3.71. The van der Waals surface area contributed by atoms with Crippen LogP contribution in [0.2, 0.25) is 0 Å². The van der Waals surface area contributed by atoms with Gasteiger partial charge >= 0.3 is 6.09 Å². The molecule has 176 valence electrons. The van der Waals surface area contributed by atoms with Crippen molar-refractivity contribution in [3.8, 4) is 0 Å². The molecule has 2 aromatic carbocycles. The first-order valence-corrected chi connectivity index (χ1v) is 12.3. The van der Waals surface area contributed by atoms with Crippen molar-refractivity contribution in [1.82, 2.24) is 5.32 Å². The quantitative estimate of drug-likeness (QED) is 0.615. The Balaban J connectivity index is 1.52. The van der Waals surface area contributed by atoms with Crippen LogP contribution in [0.4, 0.5) is 19.3 Å². The topological polar surface area (TPSA) is 84.9 Å². The number of hydrogen-bond acceptors (Lipinski definition) is 6. The number of amides is 1. The Bertz CT molecular complexity index is 1150. The van der Waals surface area contributed by atoms with Gasteiger partial charge in [-0.2, -0.15) is 8.42 Å². The van der Waals surface area contributed by atoms with Crippen molar-refractivity contribution in [1.29, 1.82) is 0 Å². The SMILES string of the molecule is CS(=O)(=O)OC[C@H]1CN(c2cc(F)c(C3=CC(Cc4ccccc4)NCC3)c(F)c2)C(=O)O1. The van der Waals surface area contributed by atoms with Gasteiger partial charge < -0.3 is 10.1 Å². The molecule has 33 heavy (non-hydrogen) atoms. The van der Waals surface area contributed by atoms with Crippen LogP contribution in [-0.2, 0) is 25.5 Å². The van der Waals surface area contributed by atoms with E-state index in [4.69, 9.17) is 4.74 Å². The summed E-state index contributed by atoms with van der Waals surface area (Å²) in [6.45, 7) is 0.135. The number of benzene rings is 2. The Morgan fingerprint density at radius 2 is 1.88 bits per heavy atom. The summed E-state index contributed by atoms with van der Waals surface area (Å²) < 4.78 is 62.1. The molecule has 2 atom stereocenters. The van der Waals surface area contributed by atoms with Gasteiger partial charge in [-0.05, 0) is 42.7 Å². The summed E-state index contributed by atoms with van der Waals surface area (Å²) in [5.74, 6) is -1.56. The summed E-state index contributed by atoms with van der Waals surface area (Å²) in [5, 5.41) is 3.35. The average molecular weight is 479 g/mol. The molecule has 0 radical (unpaired) electrons. The predicted octanol–water partition coefficient (Wildman–Crippen LogP) is 3.25. The van der Waals surface area contributed by atoms with E-state index in [0.717, 1.165) is 28.9 Å². The molecule has 1 N–H and O–H groups in total. The summed E-state index contributed by atoms with van der Waals surface area (Å²) in [6.07, 6.45) is 2.19. The zero-order valence-corrected chi connectivity index (χ0v) is 18.8. The summed E-state index contributed by atoms with van der Waals surface area (Å²) >= 11 is 0. The summed E-state index contributed by atoms with van der Waals surface area (Å²) in [4.78, 5) is 13.2. The molecule has 2 heterocycles. The van der Waals surface area contributed by atoms with Crippen molar-refractivity contribution >= 4 is 27.5 Å². The number of rotatable bonds is 7. The lowest BCUT2D eigenvalue weighted by Crippen LogP contribution is -2.34. The molecule has 4 rings (SSSR count). The number of carbonyl (C=O) groups is 1. The second-order valence-corrected chi connectivity index (χ2v) is 9.73. The highest BCUT2D eigenvalue weighted by atomic mass is 32.2. The third-order valence-electron chi connectivity index (χ3n) is 5.50. The van der Waals surface area contributed by atoms with Gasteiger partial charge in [0.05, 0.1) is 18.5 Å². The highest BCUT2D eigenvalue weighted by Crippen LogP contribution is 2.32. The summed E-state index contributed by atoms with van der Waals surface area (Å²) in [6, 6.07) is 12.0. The van der Waals surface area contributed by atoms with E-state index in [1.165, 1.54) is 0 Å². The first-order valence-electron chi connectivity index (χ1n) is 10.5. The number of nitrogens with one attached hydrogen (secondary N) is 1. The van der Waals surface area contributed by atoms with Crippen LogP contribution in [0.1, 0.15) is 17.5 Å². The van der Waals surface area contributed by atoms with E-state index >= 15 is 8.78 Å². The van der Waals surface area contributed by atoms with Gasteiger partial charge in [0.25, 0.3) is 10.1 Å². The van der Waals surface area contributed by atoms with Crippen LogP contribution in [0, 0.1) is 11.6 Å². The third-order valence-corrected chi connectivity index (χ3v) is 6.07. The van der Waals surface area contributed by atoms with Crippen molar-refractivity contribution in [3.63, 3.8) is 0 Å². The van der Waals surface area contributed by atoms with E-state index in [2.05, 4.69) is 9.50 Å².